The molecule has 3 N–H and O–H groups in total. The van der Waals surface area contributed by atoms with Crippen LogP contribution in [-0.4, -0.2) is 56.7 Å². The minimum atomic E-state index is -1.03. The molecule has 2 heterocycles. The lowest BCUT2D eigenvalue weighted by Gasteiger charge is -2.65. The highest BCUT2D eigenvalue weighted by atomic mass is 16.5. The highest BCUT2D eigenvalue weighted by Gasteiger charge is 2.60. The smallest absolute Gasteiger partial charge is 0.330 e. The molecular weight excluding hydrogens is 564 g/mol. The number of allylic oxidation sites excluding steroid dienone is 1. The van der Waals surface area contributed by atoms with E-state index in [1.54, 1.807) is 19.2 Å². The van der Waals surface area contributed by atoms with E-state index in [9.17, 15) is 24.0 Å². The molecule has 236 valence electrons. The third-order valence-corrected chi connectivity index (χ3v) is 9.38. The van der Waals surface area contributed by atoms with Crippen LogP contribution < -0.4 is 21.5 Å². The highest BCUT2D eigenvalue weighted by molar-refractivity contribution is 6.00. The first kappa shape index (κ1) is 31.2. The summed E-state index contributed by atoms with van der Waals surface area (Å²) in [4.78, 5) is 64.3. The SMILES string of the molecule is COC(=O)/C=C/CC[C@H](NC(=O)c1ccnn1C)C(=O)Nc1cccn(CC(=O)NC23CC4CC(C)(CC(C)(C4)C2)C3)c1=O. The number of ether oxygens (including phenoxy) is 1. The second kappa shape index (κ2) is 12.0. The van der Waals surface area contributed by atoms with Gasteiger partial charge in [0.2, 0.25) is 11.8 Å². The second-order valence-electron chi connectivity index (χ2n) is 13.7. The number of aromatic nitrogens is 3. The van der Waals surface area contributed by atoms with Crippen molar-refractivity contribution in [2.45, 2.75) is 83.3 Å². The van der Waals surface area contributed by atoms with E-state index in [1.807, 2.05) is 0 Å². The van der Waals surface area contributed by atoms with Crippen LogP contribution in [0.15, 0.2) is 47.5 Å². The van der Waals surface area contributed by atoms with Crippen molar-refractivity contribution in [1.82, 2.24) is 25.0 Å². The molecule has 12 heteroatoms. The van der Waals surface area contributed by atoms with Gasteiger partial charge in [-0.3, -0.25) is 23.9 Å². The third-order valence-electron chi connectivity index (χ3n) is 9.38. The number of nitrogens with zero attached hydrogens (tertiary/aromatic N) is 3. The number of anilines is 1. The molecule has 3 atom stereocenters. The first-order valence-corrected chi connectivity index (χ1v) is 15.2. The third kappa shape index (κ3) is 6.79. The predicted molar refractivity (Wildman–Crippen MR) is 162 cm³/mol. The molecule has 2 aromatic heterocycles. The van der Waals surface area contributed by atoms with Crippen molar-refractivity contribution in [2.24, 2.45) is 23.8 Å². The molecule has 44 heavy (non-hydrogen) atoms. The van der Waals surface area contributed by atoms with Crippen LogP contribution >= 0.6 is 0 Å². The molecule has 2 aromatic rings. The molecule has 4 saturated carbocycles. The zero-order valence-electron chi connectivity index (χ0n) is 25.9. The minimum Gasteiger partial charge on any atom is -0.466 e. The first-order chi connectivity index (χ1) is 20.8. The van der Waals surface area contributed by atoms with E-state index in [1.165, 1.54) is 66.2 Å². The molecule has 4 bridgehead atoms. The number of hydrogen-bond donors (Lipinski definition) is 3. The van der Waals surface area contributed by atoms with Gasteiger partial charge in [-0.15, -0.1) is 0 Å². The van der Waals surface area contributed by atoms with Crippen molar-refractivity contribution >= 4 is 29.4 Å². The average molecular weight is 607 g/mol. The summed E-state index contributed by atoms with van der Waals surface area (Å²) < 4.78 is 7.26. The summed E-state index contributed by atoms with van der Waals surface area (Å²) in [5.41, 5.74) is -0.0480. The van der Waals surface area contributed by atoms with Crippen LogP contribution in [0.4, 0.5) is 5.69 Å². The largest absolute Gasteiger partial charge is 0.466 e. The summed E-state index contributed by atoms with van der Waals surface area (Å²) in [5.74, 6) is -1.27. The number of nitrogens with one attached hydrogen (secondary N) is 3. The van der Waals surface area contributed by atoms with Crippen LogP contribution in [0.5, 0.6) is 0 Å². The van der Waals surface area contributed by atoms with Gasteiger partial charge < -0.3 is 25.3 Å². The number of pyridine rings is 1. The van der Waals surface area contributed by atoms with Gasteiger partial charge in [0.1, 0.15) is 24.0 Å². The molecule has 4 fully saturated rings. The van der Waals surface area contributed by atoms with Gasteiger partial charge in [0.25, 0.3) is 11.5 Å². The van der Waals surface area contributed by atoms with Crippen LogP contribution in [-0.2, 0) is 32.7 Å². The average Bonchev–Trinajstić information content (AvgIpc) is 3.35. The molecule has 0 saturated heterocycles. The Balaban J connectivity index is 1.26. The predicted octanol–water partition coefficient (Wildman–Crippen LogP) is 2.69. The van der Waals surface area contributed by atoms with Crippen molar-refractivity contribution < 1.29 is 23.9 Å². The summed E-state index contributed by atoms with van der Waals surface area (Å²) in [6.45, 7) is 4.52. The van der Waals surface area contributed by atoms with Crippen LogP contribution in [0.2, 0.25) is 0 Å². The molecule has 0 aliphatic heterocycles. The maximum atomic E-state index is 13.4. The summed E-state index contributed by atoms with van der Waals surface area (Å²) >= 11 is 0. The van der Waals surface area contributed by atoms with Crippen LogP contribution in [0, 0.1) is 16.7 Å². The fourth-order valence-corrected chi connectivity index (χ4v) is 8.66. The Morgan fingerprint density at radius 2 is 1.84 bits per heavy atom. The normalized spacial score (nSPS) is 27.6. The van der Waals surface area contributed by atoms with Crippen molar-refractivity contribution in [1.29, 1.82) is 0 Å². The number of hydrogen-bond acceptors (Lipinski definition) is 7. The number of amides is 3. The number of rotatable bonds is 11. The van der Waals surface area contributed by atoms with E-state index >= 15 is 0 Å². The molecule has 0 aromatic carbocycles. The Morgan fingerprint density at radius 1 is 1.11 bits per heavy atom. The van der Waals surface area contributed by atoms with Gasteiger partial charge in [-0.1, -0.05) is 19.9 Å². The van der Waals surface area contributed by atoms with Gasteiger partial charge in [0.05, 0.1) is 7.11 Å². The maximum Gasteiger partial charge on any atom is 0.330 e. The Hall–Kier alpha value is -4.22. The summed E-state index contributed by atoms with van der Waals surface area (Å²) in [7, 11) is 2.87. The van der Waals surface area contributed by atoms with Gasteiger partial charge in [0, 0.05) is 31.1 Å². The monoisotopic (exact) mass is 606 g/mol. The zero-order valence-corrected chi connectivity index (χ0v) is 25.9. The van der Waals surface area contributed by atoms with Crippen molar-refractivity contribution in [3.63, 3.8) is 0 Å². The molecule has 4 aliphatic carbocycles. The van der Waals surface area contributed by atoms with Gasteiger partial charge in [0.15, 0.2) is 0 Å². The summed E-state index contributed by atoms with van der Waals surface area (Å²) in [6.07, 6.45) is 12.7. The first-order valence-electron chi connectivity index (χ1n) is 15.2. The van der Waals surface area contributed by atoms with Crippen molar-refractivity contribution in [3.8, 4) is 0 Å². The molecule has 12 nitrogen and oxygen atoms in total. The number of methoxy groups -OCH3 is 1. The maximum absolute atomic E-state index is 13.4. The zero-order chi connectivity index (χ0) is 31.7. The van der Waals surface area contributed by atoms with Gasteiger partial charge in [-0.05, 0) is 86.3 Å². The van der Waals surface area contributed by atoms with Gasteiger partial charge in [-0.25, -0.2) is 4.79 Å². The van der Waals surface area contributed by atoms with E-state index in [4.69, 9.17) is 0 Å². The number of carbonyl (C=O) groups excluding carboxylic acids is 4. The molecule has 0 radical (unpaired) electrons. The van der Waals surface area contributed by atoms with Gasteiger partial charge in [-0.2, -0.15) is 5.10 Å². The Labute approximate surface area is 256 Å². The second-order valence-corrected chi connectivity index (χ2v) is 13.7. The minimum absolute atomic E-state index is 0.00925. The lowest BCUT2D eigenvalue weighted by Crippen LogP contribution is -2.65. The quantitative estimate of drug-likeness (QED) is 0.263. The molecule has 2 unspecified atom stereocenters. The molecular formula is C32H42N6O6. The Bertz CT molecular complexity index is 1520. The van der Waals surface area contributed by atoms with E-state index < -0.39 is 29.4 Å². The van der Waals surface area contributed by atoms with E-state index in [0.717, 1.165) is 19.3 Å². The molecule has 6 rings (SSSR count). The van der Waals surface area contributed by atoms with E-state index in [-0.39, 0.29) is 53.0 Å². The number of carbonyl (C=O) groups is 4. The van der Waals surface area contributed by atoms with Crippen LogP contribution in [0.1, 0.15) is 75.7 Å². The van der Waals surface area contributed by atoms with Crippen LogP contribution in [0.25, 0.3) is 0 Å². The topological polar surface area (TPSA) is 153 Å². The molecule has 4 aliphatic rings. The number of esters is 1. The van der Waals surface area contributed by atoms with Crippen molar-refractivity contribution in [3.05, 3.63) is 58.8 Å². The summed E-state index contributed by atoms with van der Waals surface area (Å²) in [5, 5.41) is 12.6. The molecule has 0 spiro atoms. The standard InChI is InChI=1S/C32H42N6O6/c1-30-14-21-15-31(2,18-30)20-32(16-21,19-30)36-25(39)17-38-13-7-9-23(29(38)43)35-27(41)22(8-5-6-10-26(40)44-4)34-28(42)24-11-12-33-37(24)3/h6-7,9-13,21-22H,5,8,14-20H2,1-4H3,(H,34,42)(H,35,41)(H,36,39)/b10-6+/t21?,22-,30?,31?,32?/m0/s1. The van der Waals surface area contributed by atoms with Crippen molar-refractivity contribution in [2.75, 3.05) is 12.4 Å². The van der Waals surface area contributed by atoms with Gasteiger partial charge >= 0.3 is 5.97 Å². The van der Waals surface area contributed by atoms with E-state index in [0.29, 0.717) is 5.92 Å². The fraction of sp³-hybridized carbons (Fsp3) is 0.562. The van der Waals surface area contributed by atoms with Crippen LogP contribution in [0.3, 0.4) is 0 Å². The lowest BCUT2D eigenvalue weighted by molar-refractivity contribution is -0.140. The Morgan fingerprint density at radius 3 is 2.48 bits per heavy atom. The fourth-order valence-electron chi connectivity index (χ4n) is 8.66. The number of aryl methyl sites for hydroxylation is 1. The van der Waals surface area contributed by atoms with E-state index in [2.05, 4.69) is 39.6 Å². The molecule has 3 amide bonds. The lowest BCUT2D eigenvalue weighted by atomic mass is 9.43. The Kier molecular flexibility index (Phi) is 8.55. The highest BCUT2D eigenvalue weighted by Crippen LogP contribution is 2.66. The summed E-state index contributed by atoms with van der Waals surface area (Å²) in [6, 6.07) is 3.55.